The number of allylic oxidation sites excluding steroid dienone is 1. The summed E-state index contributed by atoms with van der Waals surface area (Å²) in [5.74, 6) is 2.18. The first-order chi connectivity index (χ1) is 18.0. The predicted octanol–water partition coefficient (Wildman–Crippen LogP) is 6.26. The Morgan fingerprint density at radius 3 is 2.70 bits per heavy atom. The van der Waals surface area contributed by atoms with Gasteiger partial charge in [-0.15, -0.1) is 5.10 Å². The SMILES string of the molecule is CCCOC(=O)C1=C(C)Nc2nc(SCCC)nn2C1c1ccc(OCc2ccccc2Cl)c(OC)c1. The van der Waals surface area contributed by atoms with Gasteiger partial charge in [-0.3, -0.25) is 0 Å². The first-order valence-electron chi connectivity index (χ1n) is 12.2. The number of hydrogen-bond acceptors (Lipinski definition) is 8. The third-order valence-corrected chi connectivity index (χ3v) is 7.18. The summed E-state index contributed by atoms with van der Waals surface area (Å²) in [4.78, 5) is 17.8. The lowest BCUT2D eigenvalue weighted by Crippen LogP contribution is -2.29. The molecule has 1 unspecified atom stereocenters. The molecular formula is C27H31ClN4O4S. The van der Waals surface area contributed by atoms with E-state index in [1.54, 1.807) is 23.6 Å². The molecule has 196 valence electrons. The Kier molecular flexibility index (Phi) is 9.00. The summed E-state index contributed by atoms with van der Waals surface area (Å²) in [7, 11) is 1.59. The van der Waals surface area contributed by atoms with Crippen molar-refractivity contribution in [3.8, 4) is 11.5 Å². The maximum Gasteiger partial charge on any atom is 0.338 e. The zero-order valence-electron chi connectivity index (χ0n) is 21.4. The molecule has 0 spiro atoms. The molecular weight excluding hydrogens is 512 g/mol. The van der Waals surface area contributed by atoms with E-state index >= 15 is 0 Å². The second kappa shape index (κ2) is 12.4. The highest BCUT2D eigenvalue weighted by Gasteiger charge is 2.35. The molecule has 0 fully saturated rings. The molecule has 3 aromatic rings. The van der Waals surface area contributed by atoms with E-state index in [0.717, 1.165) is 29.7 Å². The lowest BCUT2D eigenvalue weighted by atomic mass is 9.95. The fourth-order valence-electron chi connectivity index (χ4n) is 3.98. The number of benzene rings is 2. The predicted molar refractivity (Wildman–Crippen MR) is 146 cm³/mol. The van der Waals surface area contributed by atoms with E-state index in [4.69, 9.17) is 30.9 Å². The quantitative estimate of drug-likeness (QED) is 0.224. The van der Waals surface area contributed by atoms with Gasteiger partial charge in [0, 0.05) is 22.0 Å². The van der Waals surface area contributed by atoms with Crippen molar-refractivity contribution in [3.05, 3.63) is 69.9 Å². The number of nitrogens with one attached hydrogen (secondary N) is 1. The topological polar surface area (TPSA) is 87.5 Å². The van der Waals surface area contributed by atoms with Crippen molar-refractivity contribution in [1.82, 2.24) is 14.8 Å². The Balaban J connectivity index is 1.71. The van der Waals surface area contributed by atoms with Gasteiger partial charge in [0.1, 0.15) is 12.6 Å². The Hall–Kier alpha value is -3.17. The standard InChI is InChI=1S/C27H31ClN4O4S/c1-5-13-35-25(33)23-17(3)29-26-30-27(37-14-6-2)31-32(26)24(23)18-11-12-21(22(15-18)34-4)36-16-19-9-7-8-10-20(19)28/h7-12,15,24H,5-6,13-14,16H2,1-4H3,(H,29,30,31). The van der Waals surface area contributed by atoms with Gasteiger partial charge in [0.25, 0.3) is 0 Å². The van der Waals surface area contributed by atoms with Gasteiger partial charge in [0.15, 0.2) is 11.5 Å². The maximum atomic E-state index is 13.2. The number of methoxy groups -OCH3 is 1. The van der Waals surface area contributed by atoms with Gasteiger partial charge in [-0.1, -0.05) is 61.5 Å². The minimum atomic E-state index is -0.546. The molecule has 4 rings (SSSR count). The molecule has 0 bridgehead atoms. The van der Waals surface area contributed by atoms with E-state index in [9.17, 15) is 4.79 Å². The Morgan fingerprint density at radius 2 is 1.97 bits per heavy atom. The number of esters is 1. The number of carbonyl (C=O) groups is 1. The molecule has 8 nitrogen and oxygen atoms in total. The van der Waals surface area contributed by atoms with E-state index < -0.39 is 12.0 Å². The highest BCUT2D eigenvalue weighted by molar-refractivity contribution is 7.99. The summed E-state index contributed by atoms with van der Waals surface area (Å²) in [6.45, 7) is 6.55. The van der Waals surface area contributed by atoms with Crippen LogP contribution >= 0.6 is 23.4 Å². The van der Waals surface area contributed by atoms with Crippen LogP contribution in [0.4, 0.5) is 5.95 Å². The number of carbonyl (C=O) groups excluding carboxylic acids is 1. The van der Waals surface area contributed by atoms with Crippen LogP contribution in [0.2, 0.25) is 5.02 Å². The third-order valence-electron chi connectivity index (χ3n) is 5.77. The van der Waals surface area contributed by atoms with Crippen LogP contribution in [0.5, 0.6) is 11.5 Å². The molecule has 1 N–H and O–H groups in total. The maximum absolute atomic E-state index is 13.2. The zero-order chi connectivity index (χ0) is 26.4. The van der Waals surface area contributed by atoms with Crippen molar-refractivity contribution >= 4 is 35.3 Å². The van der Waals surface area contributed by atoms with E-state index in [2.05, 4.69) is 17.2 Å². The van der Waals surface area contributed by atoms with Crippen LogP contribution in [0, 0.1) is 0 Å². The second-order valence-corrected chi connectivity index (χ2v) is 9.97. The lowest BCUT2D eigenvalue weighted by Gasteiger charge is -2.28. The van der Waals surface area contributed by atoms with Crippen LogP contribution in [0.25, 0.3) is 0 Å². The summed E-state index contributed by atoms with van der Waals surface area (Å²) in [5, 5.41) is 9.26. The van der Waals surface area contributed by atoms with Crippen LogP contribution in [-0.4, -0.2) is 40.2 Å². The number of fused-ring (bicyclic) bond motifs is 1. The van der Waals surface area contributed by atoms with Gasteiger partial charge in [-0.25, -0.2) is 9.48 Å². The number of ether oxygens (including phenoxy) is 3. The molecule has 0 saturated heterocycles. The van der Waals surface area contributed by atoms with Crippen LogP contribution < -0.4 is 14.8 Å². The molecule has 0 radical (unpaired) electrons. The lowest BCUT2D eigenvalue weighted by molar-refractivity contribution is -0.139. The minimum Gasteiger partial charge on any atom is -0.493 e. The van der Waals surface area contributed by atoms with Crippen molar-refractivity contribution in [3.63, 3.8) is 0 Å². The van der Waals surface area contributed by atoms with Gasteiger partial charge >= 0.3 is 5.97 Å². The Labute approximate surface area is 226 Å². The number of rotatable bonds is 11. The summed E-state index contributed by atoms with van der Waals surface area (Å²) in [6, 6.07) is 12.6. The highest BCUT2D eigenvalue weighted by Crippen LogP contribution is 2.40. The van der Waals surface area contributed by atoms with Gasteiger partial charge in [0.05, 0.1) is 19.3 Å². The fraction of sp³-hybridized carbons (Fsp3) is 0.370. The number of hydrogen-bond donors (Lipinski definition) is 1. The molecule has 0 amide bonds. The fourth-order valence-corrected chi connectivity index (χ4v) is 4.85. The second-order valence-electron chi connectivity index (χ2n) is 8.50. The molecule has 1 aliphatic rings. The van der Waals surface area contributed by atoms with Crippen molar-refractivity contribution in [2.75, 3.05) is 24.8 Å². The van der Waals surface area contributed by atoms with E-state index in [0.29, 0.717) is 52.1 Å². The number of thioether (sulfide) groups is 1. The first kappa shape index (κ1) is 26.9. The molecule has 1 aromatic heterocycles. The number of aromatic nitrogens is 3. The van der Waals surface area contributed by atoms with Gasteiger partial charge in [-0.2, -0.15) is 4.98 Å². The van der Waals surface area contributed by atoms with Crippen molar-refractivity contribution in [1.29, 1.82) is 0 Å². The smallest absolute Gasteiger partial charge is 0.338 e. The molecule has 1 atom stereocenters. The van der Waals surface area contributed by atoms with Crippen molar-refractivity contribution < 1.29 is 19.0 Å². The van der Waals surface area contributed by atoms with Gasteiger partial charge in [-0.05, 0) is 43.5 Å². The summed E-state index contributed by atoms with van der Waals surface area (Å²) in [5.41, 5.74) is 2.82. The van der Waals surface area contributed by atoms with Crippen molar-refractivity contribution in [2.45, 2.75) is 51.4 Å². The monoisotopic (exact) mass is 542 g/mol. The molecule has 0 saturated carbocycles. The summed E-state index contributed by atoms with van der Waals surface area (Å²) < 4.78 is 19.0. The van der Waals surface area contributed by atoms with E-state index in [-0.39, 0.29) is 0 Å². The van der Waals surface area contributed by atoms with Crippen LogP contribution in [0.1, 0.15) is 50.8 Å². The first-order valence-corrected chi connectivity index (χ1v) is 13.6. The summed E-state index contributed by atoms with van der Waals surface area (Å²) in [6.07, 6.45) is 1.73. The van der Waals surface area contributed by atoms with E-state index in [1.807, 2.05) is 56.3 Å². The Bertz CT molecular complexity index is 1290. The van der Waals surface area contributed by atoms with E-state index in [1.165, 1.54) is 0 Å². The minimum absolute atomic E-state index is 0.293. The zero-order valence-corrected chi connectivity index (χ0v) is 23.0. The molecule has 0 aliphatic carbocycles. The normalized spacial score (nSPS) is 14.7. The van der Waals surface area contributed by atoms with Crippen LogP contribution in [0.15, 0.2) is 58.9 Å². The van der Waals surface area contributed by atoms with Crippen LogP contribution in [0.3, 0.4) is 0 Å². The molecule has 2 heterocycles. The van der Waals surface area contributed by atoms with Gasteiger partial charge < -0.3 is 19.5 Å². The Morgan fingerprint density at radius 1 is 1.16 bits per heavy atom. The average Bonchev–Trinajstić information content (AvgIpc) is 3.31. The van der Waals surface area contributed by atoms with Gasteiger partial charge in [0.2, 0.25) is 11.1 Å². The molecule has 10 heteroatoms. The number of halogens is 1. The number of anilines is 1. The van der Waals surface area contributed by atoms with Crippen molar-refractivity contribution in [2.24, 2.45) is 0 Å². The highest BCUT2D eigenvalue weighted by atomic mass is 35.5. The molecule has 37 heavy (non-hydrogen) atoms. The molecule has 1 aliphatic heterocycles. The average molecular weight is 543 g/mol. The third kappa shape index (κ3) is 6.05. The van der Waals surface area contributed by atoms with Crippen LogP contribution in [-0.2, 0) is 16.1 Å². The largest absolute Gasteiger partial charge is 0.493 e. The number of nitrogens with zero attached hydrogens (tertiary/aromatic N) is 3. The summed E-state index contributed by atoms with van der Waals surface area (Å²) >= 11 is 7.86. The molecule has 2 aromatic carbocycles.